The Kier molecular flexibility index (Phi) is 5.53. The van der Waals surface area contributed by atoms with Crippen LogP contribution < -0.4 is 4.90 Å². The van der Waals surface area contributed by atoms with E-state index in [0.29, 0.717) is 21.5 Å². The zero-order valence-electron chi connectivity index (χ0n) is 17.3. The number of para-hydroxylation sites is 1. The minimum atomic E-state index is -0.488. The second-order valence-corrected chi connectivity index (χ2v) is 9.18. The highest BCUT2D eigenvalue weighted by Crippen LogP contribution is 2.38. The molecule has 1 amide bonds. The highest BCUT2D eigenvalue weighted by molar-refractivity contribution is 8.27. The number of nitro groups is 1. The van der Waals surface area contributed by atoms with Gasteiger partial charge in [0, 0.05) is 41.3 Å². The molecule has 2 heterocycles. The van der Waals surface area contributed by atoms with Gasteiger partial charge in [-0.2, -0.15) is 0 Å². The van der Waals surface area contributed by atoms with E-state index in [1.807, 2.05) is 48.7 Å². The summed E-state index contributed by atoms with van der Waals surface area (Å²) >= 11 is 6.64. The fraction of sp³-hybridized carbons (Fsp3) is 0.0400. The molecule has 0 unspecified atom stereocenters. The summed E-state index contributed by atoms with van der Waals surface area (Å²) in [5, 5.41) is 12.2. The van der Waals surface area contributed by atoms with E-state index in [0.717, 1.165) is 16.5 Å². The second kappa shape index (κ2) is 8.65. The van der Waals surface area contributed by atoms with Crippen molar-refractivity contribution in [2.45, 2.75) is 6.54 Å². The van der Waals surface area contributed by atoms with Gasteiger partial charge in [0.25, 0.3) is 11.6 Å². The Hall–Kier alpha value is -3.75. The Bertz CT molecular complexity index is 1440. The molecule has 0 bridgehead atoms. The number of thiocarbonyl (C=S) groups is 1. The highest BCUT2D eigenvalue weighted by atomic mass is 32.2. The lowest BCUT2D eigenvalue weighted by atomic mass is 10.1. The van der Waals surface area contributed by atoms with Gasteiger partial charge in [-0.1, -0.05) is 78.6 Å². The third-order valence-electron chi connectivity index (χ3n) is 5.39. The van der Waals surface area contributed by atoms with Crippen LogP contribution in [-0.4, -0.2) is 19.7 Å². The molecule has 6 nitrogen and oxygen atoms in total. The van der Waals surface area contributed by atoms with E-state index in [4.69, 9.17) is 12.2 Å². The van der Waals surface area contributed by atoms with Crippen molar-refractivity contribution in [3.05, 3.63) is 111 Å². The molecule has 1 fully saturated rings. The number of hydrogen-bond acceptors (Lipinski definition) is 5. The number of nitrogens with zero attached hydrogens (tertiary/aromatic N) is 3. The minimum Gasteiger partial charge on any atom is -0.342 e. The van der Waals surface area contributed by atoms with Crippen LogP contribution in [0, 0.1) is 10.1 Å². The number of aromatic nitrogens is 1. The topological polar surface area (TPSA) is 68.4 Å². The van der Waals surface area contributed by atoms with E-state index in [-0.39, 0.29) is 11.6 Å². The number of nitro benzene ring substituents is 1. The Labute approximate surface area is 199 Å². The van der Waals surface area contributed by atoms with Crippen molar-refractivity contribution < 1.29 is 9.72 Å². The molecule has 33 heavy (non-hydrogen) atoms. The Morgan fingerprint density at radius 3 is 2.55 bits per heavy atom. The molecule has 5 rings (SSSR count). The Morgan fingerprint density at radius 2 is 1.76 bits per heavy atom. The summed E-state index contributed by atoms with van der Waals surface area (Å²) in [6, 6.07) is 24.2. The summed E-state index contributed by atoms with van der Waals surface area (Å²) in [5.41, 5.74) is 3.47. The molecule has 162 valence electrons. The van der Waals surface area contributed by atoms with Gasteiger partial charge < -0.3 is 4.57 Å². The summed E-state index contributed by atoms with van der Waals surface area (Å²) < 4.78 is 2.51. The first-order valence-electron chi connectivity index (χ1n) is 10.2. The number of rotatable bonds is 5. The van der Waals surface area contributed by atoms with Crippen LogP contribution in [0.25, 0.3) is 17.0 Å². The number of thioether (sulfide) groups is 1. The first-order chi connectivity index (χ1) is 16.0. The quantitative estimate of drug-likeness (QED) is 0.154. The molecule has 1 aliphatic heterocycles. The van der Waals surface area contributed by atoms with Crippen LogP contribution in [0.1, 0.15) is 11.1 Å². The normalized spacial score (nSPS) is 15.0. The summed E-state index contributed by atoms with van der Waals surface area (Å²) in [6.45, 7) is 0.712. The summed E-state index contributed by atoms with van der Waals surface area (Å²) in [5.74, 6) is -0.287. The zero-order chi connectivity index (χ0) is 22.9. The van der Waals surface area contributed by atoms with Crippen molar-refractivity contribution in [3.63, 3.8) is 0 Å². The molecule has 3 aromatic carbocycles. The van der Waals surface area contributed by atoms with E-state index in [2.05, 4.69) is 22.8 Å². The highest BCUT2D eigenvalue weighted by Gasteiger charge is 2.34. The molecule has 4 aromatic rings. The van der Waals surface area contributed by atoms with E-state index in [1.54, 1.807) is 12.1 Å². The Morgan fingerprint density at radius 1 is 1.00 bits per heavy atom. The third kappa shape index (κ3) is 4.06. The van der Waals surface area contributed by atoms with Crippen molar-refractivity contribution in [3.8, 4) is 0 Å². The number of amides is 1. The lowest BCUT2D eigenvalue weighted by Crippen LogP contribution is -2.27. The van der Waals surface area contributed by atoms with Crippen molar-refractivity contribution in [2.75, 3.05) is 4.90 Å². The van der Waals surface area contributed by atoms with E-state index in [1.165, 1.54) is 34.4 Å². The second-order valence-electron chi connectivity index (χ2n) is 7.51. The Balaban J connectivity index is 1.51. The molecule has 8 heteroatoms. The van der Waals surface area contributed by atoms with Crippen molar-refractivity contribution >= 4 is 62.6 Å². The van der Waals surface area contributed by atoms with Crippen LogP contribution in [0.4, 0.5) is 11.4 Å². The molecular formula is C25H17N3O3S2. The van der Waals surface area contributed by atoms with Gasteiger partial charge in [-0.15, -0.1) is 0 Å². The predicted molar refractivity (Wildman–Crippen MR) is 136 cm³/mol. The fourth-order valence-electron chi connectivity index (χ4n) is 3.88. The molecule has 0 aliphatic carbocycles. The van der Waals surface area contributed by atoms with Gasteiger partial charge in [0.05, 0.1) is 15.5 Å². The zero-order valence-corrected chi connectivity index (χ0v) is 18.9. The number of carbonyl (C=O) groups is 1. The monoisotopic (exact) mass is 471 g/mol. The SMILES string of the molecule is O=C1C(=Cc2cn(Cc3ccccc3)c3ccccc23)SC(=S)N1c1cccc([N+](=O)[O-])c1. The number of anilines is 1. The largest absolute Gasteiger partial charge is 0.342 e. The van der Waals surface area contributed by atoms with E-state index >= 15 is 0 Å². The van der Waals surface area contributed by atoms with Crippen LogP contribution in [0.15, 0.2) is 90.0 Å². The number of carbonyl (C=O) groups excluding carboxylic acids is 1. The van der Waals surface area contributed by atoms with Crippen LogP contribution >= 0.6 is 24.0 Å². The summed E-state index contributed by atoms with van der Waals surface area (Å²) in [6.07, 6.45) is 3.89. The fourth-order valence-corrected chi connectivity index (χ4v) is 5.17. The smallest absolute Gasteiger partial charge is 0.271 e. The third-order valence-corrected chi connectivity index (χ3v) is 6.70. The molecule has 0 atom stereocenters. The van der Waals surface area contributed by atoms with Gasteiger partial charge in [0.1, 0.15) is 0 Å². The van der Waals surface area contributed by atoms with Crippen LogP contribution in [0.3, 0.4) is 0 Å². The van der Waals surface area contributed by atoms with Gasteiger partial charge in [0.2, 0.25) is 0 Å². The average molecular weight is 472 g/mol. The molecular weight excluding hydrogens is 454 g/mol. The van der Waals surface area contributed by atoms with Crippen LogP contribution in [-0.2, 0) is 11.3 Å². The van der Waals surface area contributed by atoms with Crippen LogP contribution in [0.2, 0.25) is 0 Å². The van der Waals surface area contributed by atoms with Gasteiger partial charge in [-0.3, -0.25) is 19.8 Å². The molecule has 0 radical (unpaired) electrons. The molecule has 0 N–H and O–H groups in total. The van der Waals surface area contributed by atoms with E-state index < -0.39 is 4.92 Å². The number of fused-ring (bicyclic) bond motifs is 1. The molecule has 1 aromatic heterocycles. The molecule has 0 spiro atoms. The van der Waals surface area contributed by atoms with Gasteiger partial charge >= 0.3 is 0 Å². The first kappa shape index (κ1) is 21.1. The predicted octanol–water partition coefficient (Wildman–Crippen LogP) is 6.00. The van der Waals surface area contributed by atoms with Crippen molar-refractivity contribution in [1.82, 2.24) is 4.57 Å². The molecule has 0 saturated carbocycles. The number of benzene rings is 3. The number of non-ortho nitro benzene ring substituents is 1. The maximum atomic E-state index is 13.2. The first-order valence-corrected chi connectivity index (χ1v) is 11.4. The maximum Gasteiger partial charge on any atom is 0.271 e. The van der Waals surface area contributed by atoms with E-state index in [9.17, 15) is 14.9 Å². The minimum absolute atomic E-state index is 0.0884. The molecule has 1 saturated heterocycles. The van der Waals surface area contributed by atoms with Gasteiger partial charge in [-0.25, -0.2) is 0 Å². The van der Waals surface area contributed by atoms with Crippen LogP contribution in [0.5, 0.6) is 0 Å². The standard InChI is InChI=1S/C25H17N3O3S2/c29-24-23(33-25(32)27(24)19-9-6-10-20(14-19)28(30)31)13-18-16-26(15-17-7-2-1-3-8-17)22-12-5-4-11-21(18)22/h1-14,16H,15H2. The number of hydrogen-bond donors (Lipinski definition) is 0. The lowest BCUT2D eigenvalue weighted by Gasteiger charge is -2.13. The lowest BCUT2D eigenvalue weighted by molar-refractivity contribution is -0.384. The molecule has 1 aliphatic rings. The summed E-state index contributed by atoms with van der Waals surface area (Å²) in [7, 11) is 0. The van der Waals surface area contributed by atoms with Gasteiger partial charge in [0.15, 0.2) is 4.32 Å². The average Bonchev–Trinajstić information content (AvgIpc) is 3.31. The summed E-state index contributed by atoms with van der Waals surface area (Å²) in [4.78, 5) is 25.7. The maximum absolute atomic E-state index is 13.2. The van der Waals surface area contributed by atoms with Crippen molar-refractivity contribution in [1.29, 1.82) is 0 Å². The van der Waals surface area contributed by atoms with Gasteiger partial charge in [-0.05, 0) is 23.8 Å². The van der Waals surface area contributed by atoms with Crippen molar-refractivity contribution in [2.24, 2.45) is 0 Å².